The number of alkyl carbamates (subject to hydrolysis) is 1. The summed E-state index contributed by atoms with van der Waals surface area (Å²) >= 11 is 0. The van der Waals surface area contributed by atoms with Gasteiger partial charge in [0.1, 0.15) is 31.7 Å². The zero-order chi connectivity index (χ0) is 23.2. The monoisotopic (exact) mass is 435 g/mol. The van der Waals surface area contributed by atoms with Crippen LogP contribution in [0, 0.1) is 0 Å². The molecular formula is C22H29NO8. The van der Waals surface area contributed by atoms with E-state index in [1.54, 1.807) is 19.1 Å². The Morgan fingerprint density at radius 2 is 1.52 bits per heavy atom. The van der Waals surface area contributed by atoms with Gasteiger partial charge in [0.15, 0.2) is 0 Å². The number of aliphatic hydroxyl groups is 1. The molecule has 0 saturated heterocycles. The molecule has 0 heterocycles. The molecule has 0 spiro atoms. The minimum Gasteiger partial charge on any atom is -0.491 e. The fourth-order valence-electron chi connectivity index (χ4n) is 2.02. The van der Waals surface area contributed by atoms with Gasteiger partial charge in [-0.05, 0) is 31.5 Å². The minimum atomic E-state index is -1.02. The highest BCUT2D eigenvalue weighted by Crippen LogP contribution is 2.13. The van der Waals surface area contributed by atoms with Crippen LogP contribution in [0.1, 0.15) is 19.4 Å². The third kappa shape index (κ3) is 11.4. The average molecular weight is 435 g/mol. The van der Waals surface area contributed by atoms with Crippen LogP contribution < -0.4 is 10.1 Å². The van der Waals surface area contributed by atoms with Crippen LogP contribution in [0.25, 0.3) is 0 Å². The van der Waals surface area contributed by atoms with E-state index in [9.17, 15) is 19.5 Å². The molecule has 0 aliphatic carbocycles. The van der Waals surface area contributed by atoms with Gasteiger partial charge in [-0.15, -0.1) is 0 Å². The molecule has 0 aliphatic heterocycles. The van der Waals surface area contributed by atoms with Crippen molar-refractivity contribution in [1.29, 1.82) is 0 Å². The van der Waals surface area contributed by atoms with Gasteiger partial charge < -0.3 is 29.4 Å². The number of carbonyl (C=O) groups excluding carboxylic acids is 3. The molecule has 0 bridgehead atoms. The van der Waals surface area contributed by atoms with E-state index >= 15 is 0 Å². The van der Waals surface area contributed by atoms with E-state index in [2.05, 4.69) is 18.5 Å². The zero-order valence-corrected chi connectivity index (χ0v) is 17.8. The lowest BCUT2D eigenvalue weighted by Crippen LogP contribution is -2.32. The third-order valence-corrected chi connectivity index (χ3v) is 3.70. The highest BCUT2D eigenvalue weighted by molar-refractivity contribution is 5.87. The van der Waals surface area contributed by atoms with Gasteiger partial charge >= 0.3 is 18.0 Å². The van der Waals surface area contributed by atoms with Crippen LogP contribution in [0.4, 0.5) is 4.79 Å². The second-order valence-electron chi connectivity index (χ2n) is 6.72. The van der Waals surface area contributed by atoms with Crippen molar-refractivity contribution in [1.82, 2.24) is 5.32 Å². The predicted molar refractivity (Wildman–Crippen MR) is 113 cm³/mol. The van der Waals surface area contributed by atoms with E-state index in [1.165, 1.54) is 6.92 Å². The highest BCUT2D eigenvalue weighted by Gasteiger charge is 2.10. The molecule has 1 amide bonds. The summed E-state index contributed by atoms with van der Waals surface area (Å²) in [7, 11) is 0. The lowest BCUT2D eigenvalue weighted by molar-refractivity contribution is -0.139. The summed E-state index contributed by atoms with van der Waals surface area (Å²) < 4.78 is 20.2. The van der Waals surface area contributed by atoms with Gasteiger partial charge in [-0.2, -0.15) is 0 Å². The largest absolute Gasteiger partial charge is 0.491 e. The smallest absolute Gasteiger partial charge is 0.407 e. The van der Waals surface area contributed by atoms with Crippen LogP contribution in [0.3, 0.4) is 0 Å². The van der Waals surface area contributed by atoms with Gasteiger partial charge in [-0.1, -0.05) is 25.3 Å². The first-order chi connectivity index (χ1) is 14.7. The highest BCUT2D eigenvalue weighted by atomic mass is 16.6. The number of hydrogen-bond donors (Lipinski definition) is 2. The summed E-state index contributed by atoms with van der Waals surface area (Å²) in [6.07, 6.45) is -1.22. The summed E-state index contributed by atoms with van der Waals surface area (Å²) in [5.41, 5.74) is 1.58. The van der Waals surface area contributed by atoms with Crippen LogP contribution in [0.5, 0.6) is 5.75 Å². The maximum atomic E-state index is 11.5. The number of ether oxygens (including phenoxy) is 4. The van der Waals surface area contributed by atoms with Crippen molar-refractivity contribution in [3.05, 3.63) is 54.1 Å². The molecule has 1 unspecified atom stereocenters. The van der Waals surface area contributed by atoms with Gasteiger partial charge in [-0.3, -0.25) is 0 Å². The molecule has 31 heavy (non-hydrogen) atoms. The molecule has 0 radical (unpaired) electrons. The maximum Gasteiger partial charge on any atom is 0.407 e. The number of hydrogen-bond acceptors (Lipinski definition) is 8. The standard InChI is InChI=1S/C22H29NO8/c1-15(2)20(25)28-11-9-17-5-7-19(8-6-17)30-13-18(24)14-31-22(27)23-10-12-29-21(26)16(3)4/h5-8,18,24H,1,3,9-14H2,2,4H3,(H,23,27). The Hall–Kier alpha value is -3.33. The minimum absolute atomic E-state index is 0.0151. The van der Waals surface area contributed by atoms with E-state index < -0.39 is 24.1 Å². The SMILES string of the molecule is C=C(C)C(=O)OCCNC(=O)OCC(O)COc1ccc(CCOC(=O)C(=C)C)cc1. The van der Waals surface area contributed by atoms with Crippen molar-refractivity contribution >= 4 is 18.0 Å². The van der Waals surface area contributed by atoms with E-state index in [-0.39, 0.29) is 38.5 Å². The Morgan fingerprint density at radius 1 is 0.935 bits per heavy atom. The van der Waals surface area contributed by atoms with Crippen LogP contribution in [0.15, 0.2) is 48.6 Å². The number of rotatable bonds is 13. The van der Waals surface area contributed by atoms with E-state index in [4.69, 9.17) is 18.9 Å². The Labute approximate surface area is 181 Å². The number of nitrogens with one attached hydrogen (secondary N) is 1. The zero-order valence-electron chi connectivity index (χ0n) is 17.8. The number of esters is 2. The second-order valence-corrected chi connectivity index (χ2v) is 6.72. The molecule has 1 aromatic rings. The Morgan fingerprint density at radius 3 is 2.10 bits per heavy atom. The molecule has 1 rings (SSSR count). The normalized spacial score (nSPS) is 11.1. The van der Waals surface area contributed by atoms with Crippen LogP contribution in [0.2, 0.25) is 0 Å². The fraction of sp³-hybridized carbons (Fsp3) is 0.409. The lowest BCUT2D eigenvalue weighted by Gasteiger charge is -2.13. The quantitative estimate of drug-likeness (QED) is 0.209. The van der Waals surface area contributed by atoms with Crippen LogP contribution in [-0.4, -0.2) is 62.2 Å². The van der Waals surface area contributed by atoms with Crippen LogP contribution >= 0.6 is 0 Å². The van der Waals surface area contributed by atoms with Crippen molar-refractivity contribution in [2.45, 2.75) is 26.4 Å². The Kier molecular flexibility index (Phi) is 11.5. The number of carbonyl (C=O) groups is 3. The number of aliphatic hydroxyl groups excluding tert-OH is 1. The molecular weight excluding hydrogens is 406 g/mol. The molecule has 0 fully saturated rings. The summed E-state index contributed by atoms with van der Waals surface area (Å²) in [4.78, 5) is 34.0. The molecule has 1 aromatic carbocycles. The van der Waals surface area contributed by atoms with Crippen molar-refractivity contribution in [3.8, 4) is 5.75 Å². The first kappa shape index (κ1) is 25.7. The third-order valence-electron chi connectivity index (χ3n) is 3.70. The Bertz CT molecular complexity index is 772. The molecule has 0 aromatic heterocycles. The maximum absolute atomic E-state index is 11.5. The molecule has 9 heteroatoms. The second kappa shape index (κ2) is 13.8. The van der Waals surface area contributed by atoms with E-state index in [0.717, 1.165) is 5.56 Å². The molecule has 2 N–H and O–H groups in total. The molecule has 9 nitrogen and oxygen atoms in total. The molecule has 1 atom stereocenters. The fourth-order valence-corrected chi connectivity index (χ4v) is 2.02. The predicted octanol–water partition coefficient (Wildman–Crippen LogP) is 1.93. The number of benzene rings is 1. The van der Waals surface area contributed by atoms with E-state index in [0.29, 0.717) is 17.7 Å². The first-order valence-electron chi connectivity index (χ1n) is 9.64. The lowest BCUT2D eigenvalue weighted by atomic mass is 10.1. The molecule has 0 aliphatic rings. The summed E-state index contributed by atoms with van der Waals surface area (Å²) in [6.45, 7) is 10.0. The first-order valence-corrected chi connectivity index (χ1v) is 9.64. The molecule has 170 valence electrons. The Balaban J connectivity index is 2.19. The molecule has 0 saturated carbocycles. The van der Waals surface area contributed by atoms with Crippen molar-refractivity contribution in [2.24, 2.45) is 0 Å². The van der Waals surface area contributed by atoms with Gasteiger partial charge in [0.25, 0.3) is 0 Å². The van der Waals surface area contributed by atoms with Gasteiger partial charge in [0.05, 0.1) is 13.2 Å². The van der Waals surface area contributed by atoms with Crippen molar-refractivity contribution in [2.75, 3.05) is 33.0 Å². The summed E-state index contributed by atoms with van der Waals surface area (Å²) in [6, 6.07) is 7.09. The van der Waals surface area contributed by atoms with Gasteiger partial charge in [0.2, 0.25) is 0 Å². The summed E-state index contributed by atoms with van der Waals surface area (Å²) in [5, 5.41) is 12.3. The average Bonchev–Trinajstić information content (AvgIpc) is 2.74. The van der Waals surface area contributed by atoms with Crippen LogP contribution in [-0.2, 0) is 30.2 Å². The van der Waals surface area contributed by atoms with E-state index in [1.807, 2.05) is 12.1 Å². The summed E-state index contributed by atoms with van der Waals surface area (Å²) in [5.74, 6) is -0.427. The van der Waals surface area contributed by atoms with Crippen molar-refractivity contribution < 1.29 is 38.4 Å². The topological polar surface area (TPSA) is 120 Å². The number of amides is 1. The van der Waals surface area contributed by atoms with Crippen molar-refractivity contribution in [3.63, 3.8) is 0 Å². The van der Waals surface area contributed by atoms with Gasteiger partial charge in [-0.25, -0.2) is 14.4 Å². The van der Waals surface area contributed by atoms with Gasteiger partial charge in [0, 0.05) is 17.6 Å².